The first-order valence-electron chi connectivity index (χ1n) is 4.76. The van der Waals surface area contributed by atoms with Gasteiger partial charge in [-0.05, 0) is 13.8 Å². The van der Waals surface area contributed by atoms with Gasteiger partial charge in [0.15, 0.2) is 5.72 Å². The summed E-state index contributed by atoms with van der Waals surface area (Å²) in [6.45, 7) is 4.24. The van der Waals surface area contributed by atoms with Crippen LogP contribution in [0.2, 0.25) is 0 Å². The highest BCUT2D eigenvalue weighted by atomic mass is 16.6. The number of hydrogen-bond donors (Lipinski definition) is 2. The minimum atomic E-state index is -1.00. The number of allylic oxidation sites excluding steroid dienone is 2. The van der Waals surface area contributed by atoms with Gasteiger partial charge in [-0.25, -0.2) is 4.79 Å². The van der Waals surface area contributed by atoms with E-state index in [1.165, 1.54) is 6.92 Å². The first-order valence-corrected chi connectivity index (χ1v) is 4.76. The average Bonchev–Trinajstić information content (AvgIpc) is 2.50. The van der Waals surface area contributed by atoms with E-state index in [-0.39, 0.29) is 11.3 Å². The van der Waals surface area contributed by atoms with Gasteiger partial charge in [-0.2, -0.15) is 0 Å². The largest absolute Gasteiger partial charge is 0.512 e. The van der Waals surface area contributed by atoms with Crippen LogP contribution in [0.15, 0.2) is 23.2 Å². The van der Waals surface area contributed by atoms with Gasteiger partial charge in [0.05, 0.1) is 6.61 Å². The van der Waals surface area contributed by atoms with Crippen molar-refractivity contribution >= 4 is 5.97 Å². The number of nitrogens with one attached hydrogen (secondary N) is 1. The Morgan fingerprint density at radius 2 is 2.40 bits per heavy atom. The van der Waals surface area contributed by atoms with E-state index in [0.29, 0.717) is 18.9 Å². The molecule has 0 saturated carbocycles. The van der Waals surface area contributed by atoms with Crippen LogP contribution in [0.25, 0.3) is 0 Å². The standard InChI is InChI=1S/C10H13NO4/c1-6-5-10(11-3-4-14-10)8(7(2)12)9(13)15-6/h5,11-12H,3-4H2,1-2H3/b8-7+. The van der Waals surface area contributed by atoms with Gasteiger partial charge in [0.1, 0.15) is 17.1 Å². The monoisotopic (exact) mass is 211 g/mol. The van der Waals surface area contributed by atoms with Gasteiger partial charge in [-0.15, -0.1) is 0 Å². The summed E-state index contributed by atoms with van der Waals surface area (Å²) in [6.07, 6.45) is 1.66. The molecule has 1 spiro atoms. The summed E-state index contributed by atoms with van der Waals surface area (Å²) < 4.78 is 10.4. The molecule has 5 heteroatoms. The molecule has 0 bridgehead atoms. The summed E-state index contributed by atoms with van der Waals surface area (Å²) in [4.78, 5) is 11.6. The molecule has 2 rings (SSSR count). The average molecular weight is 211 g/mol. The van der Waals surface area contributed by atoms with Gasteiger partial charge in [0.25, 0.3) is 0 Å². The molecule has 1 fully saturated rings. The lowest BCUT2D eigenvalue weighted by Gasteiger charge is -2.31. The SMILES string of the molecule is CC1=CC2(NCCO2)/C(=C(\C)O)C(=O)O1. The second-order valence-electron chi connectivity index (χ2n) is 3.62. The number of rotatable bonds is 0. The van der Waals surface area contributed by atoms with E-state index in [1.807, 2.05) is 0 Å². The maximum Gasteiger partial charge on any atom is 0.347 e. The van der Waals surface area contributed by atoms with Crippen molar-refractivity contribution in [2.75, 3.05) is 13.2 Å². The van der Waals surface area contributed by atoms with E-state index in [0.717, 1.165) is 0 Å². The summed E-state index contributed by atoms with van der Waals surface area (Å²) in [5.41, 5.74) is -0.872. The fraction of sp³-hybridized carbons (Fsp3) is 0.500. The van der Waals surface area contributed by atoms with E-state index < -0.39 is 11.7 Å². The molecular weight excluding hydrogens is 198 g/mol. The van der Waals surface area contributed by atoms with Crippen molar-refractivity contribution in [3.05, 3.63) is 23.2 Å². The molecule has 0 aliphatic carbocycles. The van der Waals surface area contributed by atoms with Crippen LogP contribution in [0, 0.1) is 0 Å². The maximum absolute atomic E-state index is 11.6. The first kappa shape index (κ1) is 10.2. The van der Waals surface area contributed by atoms with E-state index in [4.69, 9.17) is 9.47 Å². The Labute approximate surface area is 87.4 Å². The minimum Gasteiger partial charge on any atom is -0.512 e. The van der Waals surface area contributed by atoms with Crippen molar-refractivity contribution in [1.82, 2.24) is 5.32 Å². The molecule has 0 radical (unpaired) electrons. The number of ether oxygens (including phenoxy) is 2. The Morgan fingerprint density at radius 1 is 1.67 bits per heavy atom. The fourth-order valence-electron chi connectivity index (χ4n) is 1.91. The van der Waals surface area contributed by atoms with Crippen LogP contribution in [0.5, 0.6) is 0 Å². The van der Waals surface area contributed by atoms with Crippen molar-refractivity contribution in [1.29, 1.82) is 0 Å². The fourth-order valence-corrected chi connectivity index (χ4v) is 1.91. The van der Waals surface area contributed by atoms with Crippen molar-refractivity contribution in [2.45, 2.75) is 19.6 Å². The quantitative estimate of drug-likeness (QED) is 0.349. The lowest BCUT2D eigenvalue weighted by atomic mass is 9.99. The Bertz CT molecular complexity index is 360. The third kappa shape index (κ3) is 1.53. The molecule has 15 heavy (non-hydrogen) atoms. The number of hydrogen-bond acceptors (Lipinski definition) is 5. The lowest BCUT2D eigenvalue weighted by molar-refractivity contribution is -0.139. The zero-order valence-electron chi connectivity index (χ0n) is 8.66. The van der Waals surface area contributed by atoms with Gasteiger partial charge in [-0.1, -0.05) is 0 Å². The van der Waals surface area contributed by atoms with Crippen LogP contribution in [-0.2, 0) is 14.3 Å². The highest BCUT2D eigenvalue weighted by Crippen LogP contribution is 2.32. The van der Waals surface area contributed by atoms with Gasteiger partial charge in [-0.3, -0.25) is 5.32 Å². The van der Waals surface area contributed by atoms with Crippen molar-refractivity contribution < 1.29 is 19.4 Å². The number of aliphatic hydroxyl groups excluding tert-OH is 1. The van der Waals surface area contributed by atoms with E-state index >= 15 is 0 Å². The molecule has 1 atom stereocenters. The Kier molecular flexibility index (Phi) is 2.28. The van der Waals surface area contributed by atoms with Crippen LogP contribution in [0.1, 0.15) is 13.8 Å². The van der Waals surface area contributed by atoms with Crippen molar-refractivity contribution in [3.63, 3.8) is 0 Å². The highest BCUT2D eigenvalue weighted by molar-refractivity contribution is 5.93. The van der Waals surface area contributed by atoms with Gasteiger partial charge >= 0.3 is 5.97 Å². The molecule has 0 aromatic rings. The molecule has 1 unspecified atom stereocenters. The number of esters is 1. The van der Waals surface area contributed by atoms with Crippen molar-refractivity contribution in [3.8, 4) is 0 Å². The molecular formula is C10H13NO4. The van der Waals surface area contributed by atoms with Crippen LogP contribution in [0.4, 0.5) is 0 Å². The van der Waals surface area contributed by atoms with Crippen LogP contribution in [-0.4, -0.2) is 30.0 Å². The van der Waals surface area contributed by atoms with Gasteiger partial charge in [0.2, 0.25) is 0 Å². The second-order valence-corrected chi connectivity index (χ2v) is 3.62. The zero-order chi connectivity index (χ0) is 11.1. The normalized spacial score (nSPS) is 34.0. The molecule has 2 heterocycles. The number of carbonyl (C=O) groups is 1. The number of cyclic esters (lactones) is 1. The van der Waals surface area contributed by atoms with Gasteiger partial charge < -0.3 is 14.6 Å². The number of aliphatic hydroxyl groups is 1. The lowest BCUT2D eigenvalue weighted by Crippen LogP contribution is -2.47. The molecule has 0 amide bonds. The maximum atomic E-state index is 11.6. The van der Waals surface area contributed by atoms with E-state index in [1.54, 1.807) is 13.0 Å². The summed E-state index contributed by atoms with van der Waals surface area (Å²) in [5, 5.41) is 12.5. The minimum absolute atomic E-state index is 0.0850. The molecule has 2 N–H and O–H groups in total. The Balaban J connectivity index is 2.53. The molecule has 82 valence electrons. The third-order valence-electron chi connectivity index (χ3n) is 2.42. The molecule has 0 aromatic carbocycles. The Hall–Kier alpha value is -1.33. The van der Waals surface area contributed by atoms with E-state index in [9.17, 15) is 9.90 Å². The summed E-state index contributed by atoms with van der Waals surface area (Å²) in [5.74, 6) is -0.179. The topological polar surface area (TPSA) is 67.8 Å². The Morgan fingerprint density at radius 3 is 2.93 bits per heavy atom. The summed E-state index contributed by atoms with van der Waals surface area (Å²) in [6, 6.07) is 0. The molecule has 0 aromatic heterocycles. The predicted octanol–water partition coefficient (Wildman–Crippen LogP) is 0.595. The first-order chi connectivity index (χ1) is 7.05. The second kappa shape index (κ2) is 3.36. The molecule has 2 aliphatic rings. The van der Waals surface area contributed by atoms with Crippen LogP contribution in [0.3, 0.4) is 0 Å². The smallest absolute Gasteiger partial charge is 0.347 e. The highest BCUT2D eigenvalue weighted by Gasteiger charge is 2.46. The molecule has 1 saturated heterocycles. The van der Waals surface area contributed by atoms with Crippen molar-refractivity contribution in [2.24, 2.45) is 0 Å². The van der Waals surface area contributed by atoms with Crippen LogP contribution < -0.4 is 5.32 Å². The third-order valence-corrected chi connectivity index (χ3v) is 2.42. The number of carbonyl (C=O) groups excluding carboxylic acids is 1. The summed E-state index contributed by atoms with van der Waals surface area (Å²) in [7, 11) is 0. The van der Waals surface area contributed by atoms with E-state index in [2.05, 4.69) is 5.32 Å². The predicted molar refractivity (Wildman–Crippen MR) is 51.9 cm³/mol. The van der Waals surface area contributed by atoms with Gasteiger partial charge in [0, 0.05) is 12.6 Å². The molecule has 2 aliphatic heterocycles. The summed E-state index contributed by atoms with van der Waals surface area (Å²) >= 11 is 0. The van der Waals surface area contributed by atoms with Crippen LogP contribution >= 0.6 is 0 Å². The molecule has 5 nitrogen and oxygen atoms in total. The zero-order valence-corrected chi connectivity index (χ0v) is 8.66.